The Morgan fingerprint density at radius 3 is 2.95 bits per heavy atom. The van der Waals surface area contributed by atoms with Crippen molar-refractivity contribution in [3.8, 4) is 6.07 Å². The molecule has 2 aliphatic rings. The SMILES string of the molecule is N#Cc1ccc2[nH]cc(C3CC3CN3CCNCC3)c2c1. The highest BCUT2D eigenvalue weighted by atomic mass is 15.2. The zero-order valence-corrected chi connectivity index (χ0v) is 12.1. The molecule has 0 bridgehead atoms. The molecule has 108 valence electrons. The molecule has 1 aliphatic heterocycles. The first kappa shape index (κ1) is 12.9. The zero-order valence-electron chi connectivity index (χ0n) is 12.1. The smallest absolute Gasteiger partial charge is 0.0991 e. The Hall–Kier alpha value is -1.83. The summed E-state index contributed by atoms with van der Waals surface area (Å²) in [4.78, 5) is 5.93. The summed E-state index contributed by atoms with van der Waals surface area (Å²) in [7, 11) is 0. The average molecular weight is 280 g/mol. The van der Waals surface area contributed by atoms with Gasteiger partial charge in [-0.05, 0) is 42.0 Å². The van der Waals surface area contributed by atoms with Crippen LogP contribution in [0.5, 0.6) is 0 Å². The first-order valence-corrected chi connectivity index (χ1v) is 7.79. The van der Waals surface area contributed by atoms with Crippen molar-refractivity contribution in [2.45, 2.75) is 12.3 Å². The van der Waals surface area contributed by atoms with Crippen molar-refractivity contribution in [2.24, 2.45) is 5.92 Å². The fourth-order valence-electron chi connectivity index (χ4n) is 3.57. The molecule has 2 N–H and O–H groups in total. The van der Waals surface area contributed by atoms with Gasteiger partial charge in [-0.25, -0.2) is 0 Å². The maximum atomic E-state index is 9.08. The third-order valence-corrected chi connectivity index (χ3v) is 4.87. The van der Waals surface area contributed by atoms with Crippen molar-refractivity contribution in [1.29, 1.82) is 5.26 Å². The quantitative estimate of drug-likeness (QED) is 0.904. The molecular weight excluding hydrogens is 260 g/mol. The molecular formula is C17H20N4. The zero-order chi connectivity index (χ0) is 14.2. The van der Waals surface area contributed by atoms with Crippen LogP contribution in [0.15, 0.2) is 24.4 Å². The molecule has 1 aromatic carbocycles. The van der Waals surface area contributed by atoms with Crippen molar-refractivity contribution in [2.75, 3.05) is 32.7 Å². The Morgan fingerprint density at radius 1 is 1.29 bits per heavy atom. The number of nitriles is 1. The standard InChI is InChI=1S/C17H20N4/c18-9-12-1-2-17-15(7-12)16(10-20-17)14-8-13(14)11-21-5-3-19-4-6-21/h1-2,7,10,13-14,19-20H,3-6,8,11H2. The summed E-state index contributed by atoms with van der Waals surface area (Å²) in [6.45, 7) is 5.81. The van der Waals surface area contributed by atoms with Crippen LogP contribution in [-0.2, 0) is 0 Å². The molecule has 0 amide bonds. The molecule has 1 saturated heterocycles. The van der Waals surface area contributed by atoms with Gasteiger partial charge in [0, 0.05) is 49.8 Å². The molecule has 2 unspecified atom stereocenters. The molecule has 2 aromatic rings. The fraction of sp³-hybridized carbons (Fsp3) is 0.471. The average Bonchev–Trinajstić information content (AvgIpc) is 3.15. The lowest BCUT2D eigenvalue weighted by atomic mass is 10.1. The number of hydrogen-bond acceptors (Lipinski definition) is 3. The number of hydrogen-bond donors (Lipinski definition) is 2. The molecule has 1 aromatic heterocycles. The number of nitrogens with one attached hydrogen (secondary N) is 2. The van der Waals surface area contributed by atoms with Gasteiger partial charge in [-0.2, -0.15) is 5.26 Å². The number of nitrogens with zero attached hydrogens (tertiary/aromatic N) is 2. The predicted octanol–water partition coefficient (Wildman–Crippen LogP) is 2.05. The fourth-order valence-corrected chi connectivity index (χ4v) is 3.57. The van der Waals surface area contributed by atoms with Crippen molar-refractivity contribution >= 4 is 10.9 Å². The minimum absolute atomic E-state index is 0.669. The van der Waals surface area contributed by atoms with Gasteiger partial charge < -0.3 is 15.2 Å². The number of fused-ring (bicyclic) bond motifs is 1. The maximum Gasteiger partial charge on any atom is 0.0991 e. The third kappa shape index (κ3) is 2.44. The Balaban J connectivity index is 1.51. The highest BCUT2D eigenvalue weighted by molar-refractivity contribution is 5.85. The summed E-state index contributed by atoms with van der Waals surface area (Å²) in [5.41, 5.74) is 3.31. The van der Waals surface area contributed by atoms with Crippen LogP contribution < -0.4 is 5.32 Å². The number of aromatic amines is 1. The monoisotopic (exact) mass is 280 g/mol. The second kappa shape index (κ2) is 5.18. The summed E-state index contributed by atoms with van der Waals surface area (Å²) in [6, 6.07) is 8.17. The second-order valence-electron chi connectivity index (χ2n) is 6.27. The summed E-state index contributed by atoms with van der Waals surface area (Å²) >= 11 is 0. The van der Waals surface area contributed by atoms with E-state index in [2.05, 4.69) is 27.5 Å². The van der Waals surface area contributed by atoms with E-state index < -0.39 is 0 Å². The van der Waals surface area contributed by atoms with Gasteiger partial charge in [0.1, 0.15) is 0 Å². The summed E-state index contributed by atoms with van der Waals surface area (Å²) < 4.78 is 0. The Kier molecular flexibility index (Phi) is 3.17. The van der Waals surface area contributed by atoms with Crippen LogP contribution in [0.2, 0.25) is 0 Å². The lowest BCUT2D eigenvalue weighted by Gasteiger charge is -2.27. The first-order valence-electron chi connectivity index (χ1n) is 7.79. The number of benzene rings is 1. The van der Waals surface area contributed by atoms with Crippen LogP contribution in [0.25, 0.3) is 10.9 Å². The van der Waals surface area contributed by atoms with Crippen LogP contribution in [0.3, 0.4) is 0 Å². The number of rotatable bonds is 3. The third-order valence-electron chi connectivity index (χ3n) is 4.87. The normalized spacial score (nSPS) is 25.9. The second-order valence-corrected chi connectivity index (χ2v) is 6.27. The molecule has 4 rings (SSSR count). The van der Waals surface area contributed by atoms with E-state index in [0.717, 1.165) is 30.1 Å². The Bertz CT molecular complexity index is 690. The van der Waals surface area contributed by atoms with Crippen LogP contribution in [0.1, 0.15) is 23.5 Å². The minimum Gasteiger partial charge on any atom is -0.361 e. The molecule has 2 atom stereocenters. The van der Waals surface area contributed by atoms with E-state index in [1.807, 2.05) is 18.2 Å². The Morgan fingerprint density at radius 2 is 2.14 bits per heavy atom. The predicted molar refractivity (Wildman–Crippen MR) is 83.2 cm³/mol. The highest BCUT2D eigenvalue weighted by Crippen LogP contribution is 2.49. The van der Waals surface area contributed by atoms with Crippen molar-refractivity contribution in [3.05, 3.63) is 35.5 Å². The van der Waals surface area contributed by atoms with E-state index in [1.54, 1.807) is 0 Å². The van der Waals surface area contributed by atoms with Crippen LogP contribution in [0.4, 0.5) is 0 Å². The number of aromatic nitrogens is 1. The van der Waals surface area contributed by atoms with Crippen molar-refractivity contribution in [1.82, 2.24) is 15.2 Å². The van der Waals surface area contributed by atoms with Gasteiger partial charge in [-0.15, -0.1) is 0 Å². The van der Waals surface area contributed by atoms with Crippen LogP contribution in [-0.4, -0.2) is 42.6 Å². The highest BCUT2D eigenvalue weighted by Gasteiger charge is 2.40. The van der Waals surface area contributed by atoms with Crippen LogP contribution >= 0.6 is 0 Å². The number of piperazine rings is 1. The topological polar surface area (TPSA) is 54.9 Å². The molecule has 4 nitrogen and oxygen atoms in total. The Labute approximate surface area is 124 Å². The van der Waals surface area contributed by atoms with E-state index in [4.69, 9.17) is 5.26 Å². The minimum atomic E-state index is 0.669. The van der Waals surface area contributed by atoms with Crippen molar-refractivity contribution < 1.29 is 0 Å². The largest absolute Gasteiger partial charge is 0.361 e. The van der Waals surface area contributed by atoms with Crippen LogP contribution in [0, 0.1) is 17.2 Å². The maximum absolute atomic E-state index is 9.08. The van der Waals surface area contributed by atoms with Gasteiger partial charge >= 0.3 is 0 Å². The molecule has 21 heavy (non-hydrogen) atoms. The molecule has 2 heterocycles. The van der Waals surface area contributed by atoms with Gasteiger partial charge in [0.2, 0.25) is 0 Å². The molecule has 2 fully saturated rings. The van der Waals surface area contributed by atoms with Gasteiger partial charge in [0.05, 0.1) is 11.6 Å². The van der Waals surface area contributed by atoms with E-state index in [0.29, 0.717) is 5.92 Å². The van der Waals surface area contributed by atoms with E-state index in [1.165, 1.54) is 37.0 Å². The van der Waals surface area contributed by atoms with E-state index >= 15 is 0 Å². The molecule has 0 spiro atoms. The van der Waals surface area contributed by atoms with Gasteiger partial charge in [-0.3, -0.25) is 0 Å². The van der Waals surface area contributed by atoms with Gasteiger partial charge in [0.15, 0.2) is 0 Å². The van der Waals surface area contributed by atoms with Crippen molar-refractivity contribution in [3.63, 3.8) is 0 Å². The van der Waals surface area contributed by atoms with E-state index in [-0.39, 0.29) is 0 Å². The molecule has 4 heteroatoms. The summed E-state index contributed by atoms with van der Waals surface area (Å²) in [5, 5.41) is 13.7. The summed E-state index contributed by atoms with van der Waals surface area (Å²) in [6.07, 6.45) is 3.43. The molecule has 0 radical (unpaired) electrons. The summed E-state index contributed by atoms with van der Waals surface area (Å²) in [5.74, 6) is 1.45. The van der Waals surface area contributed by atoms with Gasteiger partial charge in [0.25, 0.3) is 0 Å². The number of H-pyrrole nitrogens is 1. The van der Waals surface area contributed by atoms with E-state index in [9.17, 15) is 0 Å². The molecule has 1 aliphatic carbocycles. The lowest BCUT2D eigenvalue weighted by molar-refractivity contribution is 0.231. The first-order chi connectivity index (χ1) is 10.3. The lowest BCUT2D eigenvalue weighted by Crippen LogP contribution is -2.44. The van der Waals surface area contributed by atoms with Gasteiger partial charge in [-0.1, -0.05) is 0 Å². The molecule has 1 saturated carbocycles.